The van der Waals surface area contributed by atoms with Gasteiger partial charge in [0, 0.05) is 10.9 Å². The lowest BCUT2D eigenvalue weighted by Crippen LogP contribution is -2.16. The van der Waals surface area contributed by atoms with Crippen LogP contribution in [0.25, 0.3) is 0 Å². The van der Waals surface area contributed by atoms with E-state index in [-0.39, 0.29) is 23.6 Å². The zero-order valence-electron chi connectivity index (χ0n) is 15.7. The van der Waals surface area contributed by atoms with E-state index in [1.807, 2.05) is 0 Å². The van der Waals surface area contributed by atoms with E-state index in [9.17, 15) is 18.4 Å². The van der Waals surface area contributed by atoms with Crippen LogP contribution in [0.3, 0.4) is 0 Å². The van der Waals surface area contributed by atoms with Crippen molar-refractivity contribution < 1.29 is 32.4 Å². The first-order chi connectivity index (χ1) is 13.8. The maximum Gasteiger partial charge on any atom is 0.340 e. The van der Waals surface area contributed by atoms with Gasteiger partial charge in [0.25, 0.3) is 5.91 Å². The Labute approximate surface area is 168 Å². The first kappa shape index (κ1) is 20.5. The third-order valence-electron chi connectivity index (χ3n) is 3.95. The van der Waals surface area contributed by atoms with E-state index in [2.05, 4.69) is 10.5 Å². The van der Waals surface area contributed by atoms with Gasteiger partial charge in [0.15, 0.2) is 17.3 Å². The van der Waals surface area contributed by atoms with E-state index < -0.39 is 23.5 Å². The van der Waals surface area contributed by atoms with Crippen LogP contribution in [0, 0.1) is 25.5 Å². The number of aryl methyl sites for hydroxylation is 2. The van der Waals surface area contributed by atoms with Crippen LogP contribution in [0.4, 0.5) is 13.8 Å². The Kier molecular flexibility index (Phi) is 5.92. The number of methoxy groups -OCH3 is 1. The molecule has 0 saturated heterocycles. The molecule has 3 aromatic rings. The SMILES string of the molecule is COC(=O)c1cc(C)sc1NC(=O)c1noc(C)c1COc1ccc(F)cc1F. The molecule has 0 unspecified atom stereocenters. The molecule has 0 aliphatic rings. The van der Waals surface area contributed by atoms with Gasteiger partial charge in [-0.3, -0.25) is 4.79 Å². The molecule has 10 heteroatoms. The lowest BCUT2D eigenvalue weighted by molar-refractivity contribution is 0.0602. The highest BCUT2D eigenvalue weighted by molar-refractivity contribution is 7.16. The summed E-state index contributed by atoms with van der Waals surface area (Å²) in [5.41, 5.74) is 0.431. The Bertz CT molecular complexity index is 1080. The van der Waals surface area contributed by atoms with Gasteiger partial charge < -0.3 is 19.3 Å². The average molecular weight is 422 g/mol. The second-order valence-electron chi connectivity index (χ2n) is 5.97. The van der Waals surface area contributed by atoms with Crippen molar-refractivity contribution in [3.63, 3.8) is 0 Å². The smallest absolute Gasteiger partial charge is 0.340 e. The highest BCUT2D eigenvalue weighted by Crippen LogP contribution is 2.29. The van der Waals surface area contributed by atoms with Crippen molar-refractivity contribution in [2.24, 2.45) is 0 Å². The molecule has 1 amide bonds. The monoisotopic (exact) mass is 422 g/mol. The lowest BCUT2D eigenvalue weighted by atomic mass is 10.2. The third-order valence-corrected chi connectivity index (χ3v) is 4.92. The molecule has 7 nitrogen and oxygen atoms in total. The minimum atomic E-state index is -0.873. The fourth-order valence-electron chi connectivity index (χ4n) is 2.51. The second kappa shape index (κ2) is 8.39. The zero-order valence-corrected chi connectivity index (χ0v) is 16.5. The number of amides is 1. The van der Waals surface area contributed by atoms with Crippen molar-refractivity contribution >= 4 is 28.2 Å². The van der Waals surface area contributed by atoms with Crippen LogP contribution in [0.5, 0.6) is 5.75 Å². The number of nitrogens with one attached hydrogen (secondary N) is 1. The Morgan fingerprint density at radius 3 is 2.69 bits per heavy atom. The molecule has 2 aromatic heterocycles. The molecule has 0 fully saturated rings. The summed E-state index contributed by atoms with van der Waals surface area (Å²) in [6.07, 6.45) is 0. The van der Waals surface area contributed by atoms with Crippen molar-refractivity contribution in [1.29, 1.82) is 0 Å². The highest BCUT2D eigenvalue weighted by Gasteiger charge is 2.24. The summed E-state index contributed by atoms with van der Waals surface area (Å²) in [5.74, 6) is -2.71. The number of benzene rings is 1. The van der Waals surface area contributed by atoms with Crippen LogP contribution < -0.4 is 10.1 Å². The van der Waals surface area contributed by atoms with Gasteiger partial charge in [-0.1, -0.05) is 5.16 Å². The normalized spacial score (nSPS) is 10.7. The fourth-order valence-corrected chi connectivity index (χ4v) is 3.41. The van der Waals surface area contributed by atoms with E-state index in [0.29, 0.717) is 22.4 Å². The van der Waals surface area contributed by atoms with Crippen molar-refractivity contribution in [3.05, 3.63) is 63.4 Å². The van der Waals surface area contributed by atoms with Crippen LogP contribution in [0.2, 0.25) is 0 Å². The van der Waals surface area contributed by atoms with E-state index in [4.69, 9.17) is 14.0 Å². The highest BCUT2D eigenvalue weighted by atomic mass is 32.1. The first-order valence-corrected chi connectivity index (χ1v) is 9.15. The van der Waals surface area contributed by atoms with Gasteiger partial charge in [-0.05, 0) is 32.0 Å². The van der Waals surface area contributed by atoms with Crippen molar-refractivity contribution in [2.75, 3.05) is 12.4 Å². The Balaban J connectivity index is 1.80. The number of hydrogen-bond donors (Lipinski definition) is 1. The van der Waals surface area contributed by atoms with Gasteiger partial charge in [0.2, 0.25) is 0 Å². The maximum atomic E-state index is 13.8. The molecule has 152 valence electrons. The summed E-state index contributed by atoms with van der Waals surface area (Å²) in [6, 6.07) is 4.49. The molecule has 3 rings (SSSR count). The molecule has 0 aliphatic carbocycles. The molecule has 0 bridgehead atoms. The molecule has 1 N–H and O–H groups in total. The number of carbonyl (C=O) groups is 2. The van der Waals surface area contributed by atoms with E-state index in [1.54, 1.807) is 19.9 Å². The van der Waals surface area contributed by atoms with Crippen LogP contribution in [0.15, 0.2) is 28.8 Å². The average Bonchev–Trinajstić information content (AvgIpc) is 3.22. The molecule has 0 saturated carbocycles. The molecular weight excluding hydrogens is 406 g/mol. The summed E-state index contributed by atoms with van der Waals surface area (Å²) in [7, 11) is 1.24. The van der Waals surface area contributed by atoms with E-state index in [0.717, 1.165) is 17.0 Å². The van der Waals surface area contributed by atoms with Crippen LogP contribution in [-0.4, -0.2) is 24.1 Å². The van der Waals surface area contributed by atoms with Gasteiger partial charge in [0.05, 0.1) is 18.2 Å². The number of rotatable bonds is 6. The number of carbonyl (C=O) groups excluding carboxylic acids is 2. The van der Waals surface area contributed by atoms with Gasteiger partial charge in [-0.15, -0.1) is 11.3 Å². The molecule has 29 heavy (non-hydrogen) atoms. The maximum absolute atomic E-state index is 13.8. The minimum absolute atomic E-state index is 0.0770. The molecule has 0 atom stereocenters. The number of esters is 1. The summed E-state index contributed by atoms with van der Waals surface area (Å²) in [4.78, 5) is 25.4. The zero-order chi connectivity index (χ0) is 21.1. The van der Waals surface area contributed by atoms with Crippen LogP contribution in [-0.2, 0) is 11.3 Å². The topological polar surface area (TPSA) is 90.7 Å². The summed E-state index contributed by atoms with van der Waals surface area (Å²) in [6.45, 7) is 3.12. The van der Waals surface area contributed by atoms with Crippen LogP contribution >= 0.6 is 11.3 Å². The predicted molar refractivity (Wildman–Crippen MR) is 100 cm³/mol. The molecule has 0 spiro atoms. The molecule has 0 aliphatic heterocycles. The molecule has 2 heterocycles. The lowest BCUT2D eigenvalue weighted by Gasteiger charge is -2.08. The van der Waals surface area contributed by atoms with E-state index in [1.165, 1.54) is 18.4 Å². The van der Waals surface area contributed by atoms with E-state index >= 15 is 0 Å². The number of nitrogens with zero attached hydrogens (tertiary/aromatic N) is 1. The van der Waals surface area contributed by atoms with Crippen molar-refractivity contribution in [2.45, 2.75) is 20.5 Å². The van der Waals surface area contributed by atoms with Crippen molar-refractivity contribution in [1.82, 2.24) is 5.16 Å². The number of ether oxygens (including phenoxy) is 2. The quantitative estimate of drug-likeness (QED) is 0.598. The summed E-state index contributed by atoms with van der Waals surface area (Å²) >= 11 is 1.20. The first-order valence-electron chi connectivity index (χ1n) is 8.33. The minimum Gasteiger partial charge on any atom is -0.486 e. The summed E-state index contributed by atoms with van der Waals surface area (Å²) < 4.78 is 41.9. The number of thiophene rings is 1. The van der Waals surface area contributed by atoms with Gasteiger partial charge in [0.1, 0.15) is 23.2 Å². The van der Waals surface area contributed by atoms with Crippen LogP contribution in [0.1, 0.15) is 37.0 Å². The van der Waals surface area contributed by atoms with Gasteiger partial charge >= 0.3 is 5.97 Å². The van der Waals surface area contributed by atoms with Gasteiger partial charge in [-0.25, -0.2) is 13.6 Å². The predicted octanol–water partition coefficient (Wildman–Crippen LogP) is 4.25. The second-order valence-corrected chi connectivity index (χ2v) is 7.23. The Morgan fingerprint density at radius 2 is 2.00 bits per heavy atom. The van der Waals surface area contributed by atoms with Crippen molar-refractivity contribution in [3.8, 4) is 5.75 Å². The third kappa shape index (κ3) is 4.43. The number of halogens is 2. The molecule has 0 radical (unpaired) electrons. The Hall–Kier alpha value is -3.27. The molecule has 1 aromatic carbocycles. The fraction of sp³-hybridized carbons (Fsp3) is 0.211. The number of hydrogen-bond acceptors (Lipinski definition) is 7. The van der Waals surface area contributed by atoms with Gasteiger partial charge in [-0.2, -0.15) is 0 Å². The Morgan fingerprint density at radius 1 is 1.24 bits per heavy atom. The number of anilines is 1. The standard InChI is InChI=1S/C19H16F2N2O5S/c1-9-6-12(19(25)26-3)18(29-9)22-17(24)16-13(10(2)28-23-16)8-27-15-5-4-11(20)7-14(15)21/h4-7H,8H2,1-3H3,(H,22,24). The molecular formula is C19H16F2N2O5S. The largest absolute Gasteiger partial charge is 0.486 e. The number of aromatic nitrogens is 1. The summed E-state index contributed by atoms with van der Waals surface area (Å²) in [5, 5.41) is 6.64.